The van der Waals surface area contributed by atoms with Crippen LogP contribution in [-0.4, -0.2) is 49.6 Å². The average Bonchev–Trinajstić information content (AvgIpc) is 2.97. The van der Waals surface area contributed by atoms with Crippen molar-refractivity contribution in [3.63, 3.8) is 0 Å². The predicted molar refractivity (Wildman–Crippen MR) is 101 cm³/mol. The van der Waals surface area contributed by atoms with E-state index in [1.165, 1.54) is 13.2 Å². The van der Waals surface area contributed by atoms with Gasteiger partial charge in [0, 0.05) is 25.4 Å². The van der Waals surface area contributed by atoms with Crippen LogP contribution < -0.4 is 0 Å². The summed E-state index contributed by atoms with van der Waals surface area (Å²) in [5.74, 6) is -0.208. The Labute approximate surface area is 161 Å². The molecule has 1 heterocycles. The van der Waals surface area contributed by atoms with Crippen LogP contribution in [0.15, 0.2) is 24.3 Å². The van der Waals surface area contributed by atoms with Crippen LogP contribution in [0.1, 0.15) is 51.4 Å². The fraction of sp³-hybridized carbons (Fsp3) is 0.714. The van der Waals surface area contributed by atoms with E-state index < -0.39 is 6.10 Å². The highest BCUT2D eigenvalue weighted by Gasteiger charge is 2.42. The molecule has 0 spiro atoms. The van der Waals surface area contributed by atoms with Crippen molar-refractivity contribution in [1.29, 1.82) is 0 Å². The molecular formula is C21H32O6. The van der Waals surface area contributed by atoms with Gasteiger partial charge in [0.15, 0.2) is 6.29 Å². The number of methoxy groups -OCH3 is 1. The first-order chi connectivity index (χ1) is 13.2. The van der Waals surface area contributed by atoms with E-state index in [0.29, 0.717) is 25.9 Å². The number of aliphatic hydroxyl groups is 1. The molecule has 1 aliphatic carbocycles. The average molecular weight is 380 g/mol. The number of carbonyl (C=O) groups excluding carboxylic acids is 2. The maximum atomic E-state index is 11.1. The van der Waals surface area contributed by atoms with Gasteiger partial charge in [-0.3, -0.25) is 9.59 Å². The van der Waals surface area contributed by atoms with Gasteiger partial charge in [0.25, 0.3) is 0 Å². The molecule has 1 aliphatic heterocycles. The molecule has 152 valence electrons. The van der Waals surface area contributed by atoms with Crippen molar-refractivity contribution >= 4 is 12.3 Å². The van der Waals surface area contributed by atoms with Crippen LogP contribution in [0.25, 0.3) is 0 Å². The summed E-state index contributed by atoms with van der Waals surface area (Å²) in [5.41, 5.74) is 0. The minimum atomic E-state index is -0.473. The molecule has 1 saturated heterocycles. The molecule has 1 N–H and O–H groups in total. The lowest BCUT2D eigenvalue weighted by atomic mass is 9.90. The minimum Gasteiger partial charge on any atom is -0.469 e. The molecule has 27 heavy (non-hydrogen) atoms. The monoisotopic (exact) mass is 380 g/mol. The van der Waals surface area contributed by atoms with E-state index in [-0.39, 0.29) is 30.2 Å². The predicted octanol–water partition coefficient (Wildman–Crippen LogP) is 2.94. The fourth-order valence-electron chi connectivity index (χ4n) is 3.85. The Hall–Kier alpha value is -1.50. The molecule has 0 amide bonds. The van der Waals surface area contributed by atoms with Crippen molar-refractivity contribution in [2.45, 2.75) is 69.9 Å². The van der Waals surface area contributed by atoms with Gasteiger partial charge < -0.3 is 19.3 Å². The van der Waals surface area contributed by atoms with Gasteiger partial charge in [-0.05, 0) is 50.5 Å². The van der Waals surface area contributed by atoms with E-state index in [2.05, 4.69) is 4.74 Å². The maximum absolute atomic E-state index is 11.1. The largest absolute Gasteiger partial charge is 0.469 e. The molecule has 0 aromatic carbocycles. The summed E-state index contributed by atoms with van der Waals surface area (Å²) in [5, 5.41) is 10.5. The molecule has 2 rings (SSSR count). The number of esters is 1. The second-order valence-corrected chi connectivity index (χ2v) is 7.21. The van der Waals surface area contributed by atoms with Crippen molar-refractivity contribution in [2.75, 3.05) is 13.7 Å². The first-order valence-electron chi connectivity index (χ1n) is 9.94. The molecular weight excluding hydrogens is 348 g/mol. The topological polar surface area (TPSA) is 82.1 Å². The molecule has 2 fully saturated rings. The molecule has 0 aromatic heterocycles. The maximum Gasteiger partial charge on any atom is 0.305 e. The third-order valence-corrected chi connectivity index (χ3v) is 5.32. The fourth-order valence-corrected chi connectivity index (χ4v) is 3.85. The highest BCUT2D eigenvalue weighted by atomic mass is 16.7. The van der Waals surface area contributed by atoms with Gasteiger partial charge in [-0.15, -0.1) is 0 Å². The molecule has 6 nitrogen and oxygen atoms in total. The lowest BCUT2D eigenvalue weighted by Gasteiger charge is -2.28. The summed E-state index contributed by atoms with van der Waals surface area (Å²) < 4.78 is 16.4. The number of hydrogen-bond donors (Lipinski definition) is 1. The van der Waals surface area contributed by atoms with Crippen LogP contribution in [0.2, 0.25) is 0 Å². The number of aliphatic hydroxyl groups excluding tert-OH is 1. The molecule has 1 saturated carbocycles. The number of allylic oxidation sites excluding steroid dienone is 3. The summed E-state index contributed by atoms with van der Waals surface area (Å²) in [6.07, 6.45) is 13.6. The van der Waals surface area contributed by atoms with Crippen LogP contribution in [0.4, 0.5) is 0 Å². The highest BCUT2D eigenvalue weighted by molar-refractivity contribution is 5.69. The quantitative estimate of drug-likeness (QED) is 0.206. The Morgan fingerprint density at radius 3 is 2.85 bits per heavy atom. The summed E-state index contributed by atoms with van der Waals surface area (Å²) in [6.45, 7) is 0.715. The van der Waals surface area contributed by atoms with Gasteiger partial charge in [0.2, 0.25) is 0 Å². The Morgan fingerprint density at radius 2 is 2.15 bits per heavy atom. The van der Waals surface area contributed by atoms with E-state index in [1.807, 2.05) is 18.2 Å². The molecule has 5 atom stereocenters. The zero-order valence-corrected chi connectivity index (χ0v) is 16.1. The second-order valence-electron chi connectivity index (χ2n) is 7.21. The summed E-state index contributed by atoms with van der Waals surface area (Å²) >= 11 is 0. The van der Waals surface area contributed by atoms with Crippen molar-refractivity contribution in [3.8, 4) is 0 Å². The smallest absolute Gasteiger partial charge is 0.305 e. The zero-order valence-electron chi connectivity index (χ0n) is 16.1. The van der Waals surface area contributed by atoms with Crippen LogP contribution in [0, 0.1) is 11.8 Å². The standard InChI is InChI=1S/C21H32O6/c1-25-20(24)11-5-3-2-4-9-16-17(10-8-13-22)19(15-18(16)23)27-21-12-6-7-14-26-21/h2,4,8,10,13,16-19,21,23H,3,5-7,9,11-12,14-15H2,1H3/b4-2-,10-8?/t16-,17-,18+,19-,21?/m0/s1. The molecule has 0 radical (unpaired) electrons. The number of hydrogen-bond acceptors (Lipinski definition) is 6. The van der Waals surface area contributed by atoms with Gasteiger partial charge in [0.05, 0.1) is 19.3 Å². The third kappa shape index (κ3) is 7.20. The number of aldehydes is 1. The molecule has 0 aromatic rings. The van der Waals surface area contributed by atoms with Crippen LogP contribution in [0.3, 0.4) is 0 Å². The Bertz CT molecular complexity index is 509. The van der Waals surface area contributed by atoms with E-state index in [1.54, 1.807) is 0 Å². The summed E-state index contributed by atoms with van der Waals surface area (Å²) in [7, 11) is 1.39. The van der Waals surface area contributed by atoms with E-state index >= 15 is 0 Å². The van der Waals surface area contributed by atoms with Crippen molar-refractivity contribution in [2.24, 2.45) is 11.8 Å². The van der Waals surface area contributed by atoms with E-state index in [4.69, 9.17) is 9.47 Å². The first kappa shape index (κ1) is 21.8. The molecule has 1 unspecified atom stereocenters. The van der Waals surface area contributed by atoms with Gasteiger partial charge in [-0.2, -0.15) is 0 Å². The van der Waals surface area contributed by atoms with Gasteiger partial charge >= 0.3 is 5.97 Å². The van der Waals surface area contributed by atoms with E-state index in [9.17, 15) is 14.7 Å². The second kappa shape index (κ2) is 12.1. The highest BCUT2D eigenvalue weighted by Crippen LogP contribution is 2.39. The zero-order chi connectivity index (χ0) is 19.5. The molecule has 6 heteroatoms. The van der Waals surface area contributed by atoms with Gasteiger partial charge in [0.1, 0.15) is 6.29 Å². The molecule has 2 aliphatic rings. The first-order valence-corrected chi connectivity index (χ1v) is 9.94. The number of carbonyl (C=O) groups is 2. The number of rotatable bonds is 10. The van der Waals surface area contributed by atoms with Crippen LogP contribution in [0.5, 0.6) is 0 Å². The van der Waals surface area contributed by atoms with Crippen molar-refractivity contribution in [1.82, 2.24) is 0 Å². The third-order valence-electron chi connectivity index (χ3n) is 5.32. The van der Waals surface area contributed by atoms with Gasteiger partial charge in [-0.1, -0.05) is 18.2 Å². The molecule has 0 bridgehead atoms. The number of ether oxygens (including phenoxy) is 3. The summed E-state index contributed by atoms with van der Waals surface area (Å²) in [4.78, 5) is 21.9. The number of unbranched alkanes of at least 4 members (excludes halogenated alkanes) is 1. The van der Waals surface area contributed by atoms with Gasteiger partial charge in [-0.25, -0.2) is 0 Å². The SMILES string of the molecule is COC(=O)CCC/C=C\C[C@H]1[C@H](C=CC=O)[C@@H](OC2CCCCO2)C[C@H]1O. The Morgan fingerprint density at radius 1 is 1.30 bits per heavy atom. The van der Waals surface area contributed by atoms with Crippen molar-refractivity contribution in [3.05, 3.63) is 24.3 Å². The lowest BCUT2D eigenvalue weighted by Crippen LogP contribution is -2.30. The summed E-state index contributed by atoms with van der Waals surface area (Å²) in [6, 6.07) is 0. The van der Waals surface area contributed by atoms with Crippen LogP contribution in [-0.2, 0) is 23.8 Å². The Balaban J connectivity index is 1.87. The Kier molecular flexibility index (Phi) is 9.73. The van der Waals surface area contributed by atoms with Crippen molar-refractivity contribution < 1.29 is 28.9 Å². The van der Waals surface area contributed by atoms with E-state index in [0.717, 1.165) is 38.4 Å². The minimum absolute atomic E-state index is 0.00616. The normalized spacial score (nSPS) is 31.6. The lowest BCUT2D eigenvalue weighted by molar-refractivity contribution is -0.193. The van der Waals surface area contributed by atoms with Crippen LogP contribution >= 0.6 is 0 Å².